The summed E-state index contributed by atoms with van der Waals surface area (Å²) in [4.78, 5) is 24.7. The van der Waals surface area contributed by atoms with Crippen LogP contribution in [0.25, 0.3) is 0 Å². The minimum atomic E-state index is -3.95. The number of amides is 1. The van der Waals surface area contributed by atoms with Gasteiger partial charge >= 0.3 is 5.97 Å². The second-order valence-electron chi connectivity index (χ2n) is 7.35. The predicted molar refractivity (Wildman–Crippen MR) is 123 cm³/mol. The molecule has 0 saturated carbocycles. The van der Waals surface area contributed by atoms with Gasteiger partial charge in [0.1, 0.15) is 5.82 Å². The Morgan fingerprint density at radius 3 is 2.33 bits per heavy atom. The van der Waals surface area contributed by atoms with E-state index in [-0.39, 0.29) is 16.1 Å². The summed E-state index contributed by atoms with van der Waals surface area (Å²) in [5, 5.41) is 2.35. The van der Waals surface area contributed by atoms with Gasteiger partial charge in [0.25, 0.3) is 15.9 Å². The first kappa shape index (κ1) is 23.9. The van der Waals surface area contributed by atoms with E-state index in [2.05, 4.69) is 5.32 Å². The van der Waals surface area contributed by atoms with Crippen LogP contribution in [-0.4, -0.2) is 33.4 Å². The van der Waals surface area contributed by atoms with Crippen molar-refractivity contribution in [3.8, 4) is 0 Å². The molecule has 1 unspecified atom stereocenters. The summed E-state index contributed by atoms with van der Waals surface area (Å²) < 4.78 is 46.1. The van der Waals surface area contributed by atoms with E-state index in [0.717, 1.165) is 9.87 Å². The van der Waals surface area contributed by atoms with Crippen molar-refractivity contribution in [2.45, 2.75) is 24.8 Å². The third-order valence-electron chi connectivity index (χ3n) is 4.91. The zero-order chi connectivity index (χ0) is 24.2. The standard InChI is InChI=1S/C24H23FN2O5S/c1-16-11-13-19(14-12-16)27(3)33(30,31)20-8-6-7-18(15-20)24(29)32-17(2)23(28)26-22-10-5-4-9-21(22)25/h4-15,17H,1-3H3,(H,26,28). The molecule has 9 heteroatoms. The number of nitrogens with zero attached hydrogens (tertiary/aromatic N) is 1. The van der Waals surface area contributed by atoms with Crippen LogP contribution in [0.15, 0.2) is 77.7 Å². The molecule has 7 nitrogen and oxygen atoms in total. The maximum atomic E-state index is 13.7. The molecule has 1 amide bonds. The second-order valence-corrected chi connectivity index (χ2v) is 9.32. The van der Waals surface area contributed by atoms with Crippen LogP contribution in [0.4, 0.5) is 15.8 Å². The monoisotopic (exact) mass is 470 g/mol. The van der Waals surface area contributed by atoms with E-state index in [0.29, 0.717) is 5.69 Å². The lowest BCUT2D eigenvalue weighted by Crippen LogP contribution is -2.30. The molecule has 0 radical (unpaired) electrons. The van der Waals surface area contributed by atoms with Crippen molar-refractivity contribution >= 4 is 33.3 Å². The fraction of sp³-hybridized carbons (Fsp3) is 0.167. The molecule has 0 aromatic heterocycles. The van der Waals surface area contributed by atoms with Crippen LogP contribution in [-0.2, 0) is 19.6 Å². The molecule has 3 aromatic carbocycles. The van der Waals surface area contributed by atoms with Crippen LogP contribution < -0.4 is 9.62 Å². The Kier molecular flexibility index (Phi) is 7.13. The molecule has 0 aliphatic rings. The number of halogens is 1. The van der Waals surface area contributed by atoms with Crippen LogP contribution >= 0.6 is 0 Å². The Hall–Kier alpha value is -3.72. The average Bonchev–Trinajstić information content (AvgIpc) is 2.80. The molecule has 0 aliphatic carbocycles. The Labute approximate surface area is 191 Å². The number of benzene rings is 3. The lowest BCUT2D eigenvalue weighted by atomic mass is 10.2. The molecule has 3 aromatic rings. The van der Waals surface area contributed by atoms with Crippen molar-refractivity contribution in [2.75, 3.05) is 16.7 Å². The number of nitrogens with one attached hydrogen (secondary N) is 1. The van der Waals surface area contributed by atoms with Crippen LogP contribution in [0.1, 0.15) is 22.8 Å². The van der Waals surface area contributed by atoms with Crippen molar-refractivity contribution < 1.29 is 27.1 Å². The number of carbonyl (C=O) groups excluding carboxylic acids is 2. The molecule has 3 rings (SSSR count). The minimum absolute atomic E-state index is 0.0427. The van der Waals surface area contributed by atoms with Crippen molar-refractivity contribution in [3.05, 3.63) is 89.7 Å². The molecular formula is C24H23FN2O5S. The number of hydrogen-bond donors (Lipinski definition) is 1. The molecule has 0 bridgehead atoms. The summed E-state index contributed by atoms with van der Waals surface area (Å²) in [5.74, 6) is -2.24. The van der Waals surface area contributed by atoms with Gasteiger partial charge in [-0.25, -0.2) is 17.6 Å². The number of hydrogen-bond acceptors (Lipinski definition) is 5. The fourth-order valence-electron chi connectivity index (χ4n) is 2.91. The van der Waals surface area contributed by atoms with Gasteiger partial charge in [-0.05, 0) is 56.3 Å². The maximum absolute atomic E-state index is 13.7. The van der Waals surface area contributed by atoms with Gasteiger partial charge in [-0.1, -0.05) is 35.9 Å². The summed E-state index contributed by atoms with van der Waals surface area (Å²) in [7, 11) is -2.53. The van der Waals surface area contributed by atoms with Gasteiger partial charge in [0, 0.05) is 7.05 Å². The highest BCUT2D eigenvalue weighted by molar-refractivity contribution is 7.92. The molecule has 0 saturated heterocycles. The molecule has 172 valence electrons. The van der Waals surface area contributed by atoms with Gasteiger partial charge in [-0.2, -0.15) is 0 Å². The van der Waals surface area contributed by atoms with Crippen LogP contribution in [0, 0.1) is 12.7 Å². The maximum Gasteiger partial charge on any atom is 0.338 e. The quantitative estimate of drug-likeness (QED) is 0.524. The Morgan fingerprint density at radius 1 is 1.00 bits per heavy atom. The van der Waals surface area contributed by atoms with E-state index in [1.807, 2.05) is 6.92 Å². The van der Waals surface area contributed by atoms with E-state index >= 15 is 0 Å². The van der Waals surface area contributed by atoms with Crippen LogP contribution in [0.2, 0.25) is 0 Å². The predicted octanol–water partition coefficient (Wildman–Crippen LogP) is 4.14. The lowest BCUT2D eigenvalue weighted by Gasteiger charge is -2.20. The third kappa shape index (κ3) is 5.56. The van der Waals surface area contributed by atoms with Gasteiger partial charge in [0.15, 0.2) is 6.10 Å². The van der Waals surface area contributed by atoms with Gasteiger partial charge in [-0.15, -0.1) is 0 Å². The molecule has 1 N–H and O–H groups in total. The number of anilines is 2. The Bertz CT molecular complexity index is 1280. The minimum Gasteiger partial charge on any atom is -0.449 e. The molecule has 33 heavy (non-hydrogen) atoms. The fourth-order valence-corrected chi connectivity index (χ4v) is 4.16. The summed E-state index contributed by atoms with van der Waals surface area (Å²) in [5.41, 5.74) is 1.37. The lowest BCUT2D eigenvalue weighted by molar-refractivity contribution is -0.123. The van der Waals surface area contributed by atoms with Gasteiger partial charge in [0.2, 0.25) is 0 Å². The topological polar surface area (TPSA) is 92.8 Å². The normalized spacial score (nSPS) is 12.0. The zero-order valence-electron chi connectivity index (χ0n) is 18.3. The van der Waals surface area contributed by atoms with Crippen molar-refractivity contribution in [1.82, 2.24) is 0 Å². The summed E-state index contributed by atoms with van der Waals surface area (Å²) in [6.45, 7) is 3.23. The SMILES string of the molecule is Cc1ccc(N(C)S(=O)(=O)c2cccc(C(=O)OC(C)C(=O)Nc3ccccc3F)c2)cc1. The van der Waals surface area contributed by atoms with E-state index in [1.165, 1.54) is 56.4 Å². The van der Waals surface area contributed by atoms with Crippen molar-refractivity contribution in [1.29, 1.82) is 0 Å². The van der Waals surface area contributed by atoms with E-state index < -0.39 is 33.8 Å². The number of para-hydroxylation sites is 1. The molecule has 0 fully saturated rings. The largest absolute Gasteiger partial charge is 0.449 e. The number of rotatable bonds is 7. The number of esters is 1. The molecule has 1 atom stereocenters. The van der Waals surface area contributed by atoms with Gasteiger partial charge in [0.05, 0.1) is 21.8 Å². The Morgan fingerprint density at radius 2 is 1.67 bits per heavy atom. The highest BCUT2D eigenvalue weighted by Crippen LogP contribution is 2.23. The van der Waals surface area contributed by atoms with Crippen molar-refractivity contribution in [2.24, 2.45) is 0 Å². The summed E-state index contributed by atoms with van der Waals surface area (Å²) in [6, 6.07) is 17.9. The molecule has 0 spiro atoms. The Balaban J connectivity index is 1.74. The van der Waals surface area contributed by atoms with Crippen LogP contribution in [0.5, 0.6) is 0 Å². The first-order valence-electron chi connectivity index (χ1n) is 10.0. The molecule has 0 heterocycles. The van der Waals surface area contributed by atoms with E-state index in [9.17, 15) is 22.4 Å². The molecular weight excluding hydrogens is 447 g/mol. The number of carbonyl (C=O) groups is 2. The summed E-state index contributed by atoms with van der Waals surface area (Å²) >= 11 is 0. The number of sulfonamides is 1. The highest BCUT2D eigenvalue weighted by Gasteiger charge is 2.24. The summed E-state index contributed by atoms with van der Waals surface area (Å²) in [6.07, 6.45) is -1.24. The smallest absolute Gasteiger partial charge is 0.338 e. The molecule has 0 aliphatic heterocycles. The number of ether oxygens (including phenoxy) is 1. The van der Waals surface area contributed by atoms with E-state index in [4.69, 9.17) is 4.74 Å². The first-order valence-corrected chi connectivity index (χ1v) is 11.5. The first-order chi connectivity index (χ1) is 15.6. The third-order valence-corrected chi connectivity index (χ3v) is 6.69. The highest BCUT2D eigenvalue weighted by atomic mass is 32.2. The van der Waals surface area contributed by atoms with E-state index in [1.54, 1.807) is 30.3 Å². The van der Waals surface area contributed by atoms with Crippen molar-refractivity contribution in [3.63, 3.8) is 0 Å². The zero-order valence-corrected chi connectivity index (χ0v) is 19.1. The second kappa shape index (κ2) is 9.83. The van der Waals surface area contributed by atoms with Gasteiger partial charge < -0.3 is 10.1 Å². The number of aryl methyl sites for hydroxylation is 1. The van der Waals surface area contributed by atoms with Gasteiger partial charge in [-0.3, -0.25) is 9.10 Å². The van der Waals surface area contributed by atoms with Crippen LogP contribution in [0.3, 0.4) is 0 Å². The average molecular weight is 471 g/mol.